The lowest BCUT2D eigenvalue weighted by Crippen LogP contribution is -2.55. The summed E-state index contributed by atoms with van der Waals surface area (Å²) in [6.45, 7) is 5.52. The van der Waals surface area contributed by atoms with Crippen molar-refractivity contribution >= 4 is 11.9 Å². The number of rotatable bonds is 6. The van der Waals surface area contributed by atoms with E-state index < -0.39 is 41.5 Å². The van der Waals surface area contributed by atoms with Gasteiger partial charge < -0.3 is 19.9 Å². The van der Waals surface area contributed by atoms with Gasteiger partial charge >= 0.3 is 5.97 Å². The van der Waals surface area contributed by atoms with E-state index in [4.69, 9.17) is 9.47 Å². The monoisotopic (exact) mass is 477 g/mol. The highest BCUT2D eigenvalue weighted by atomic mass is 19.1. The molecular formula is C28H28FNO5. The number of aliphatic hydroxyl groups excluding tert-OH is 1. The van der Waals surface area contributed by atoms with E-state index >= 15 is 0 Å². The number of esters is 1. The highest BCUT2D eigenvalue weighted by Gasteiger charge is 2.48. The van der Waals surface area contributed by atoms with Crippen LogP contribution in [-0.4, -0.2) is 28.7 Å². The molecule has 182 valence electrons. The smallest absolute Gasteiger partial charge is 0.340 e. The van der Waals surface area contributed by atoms with E-state index in [1.807, 2.05) is 25.1 Å². The number of carbonyl (C=O) groups excluding carboxylic acids is 2. The molecule has 1 unspecified atom stereocenters. The number of carbonyl (C=O) groups is 2. The molecule has 6 nitrogen and oxygen atoms in total. The normalized spacial score (nSPS) is 19.1. The highest BCUT2D eigenvalue weighted by Crippen LogP contribution is 2.42. The van der Waals surface area contributed by atoms with Crippen molar-refractivity contribution in [2.75, 3.05) is 0 Å². The van der Waals surface area contributed by atoms with Gasteiger partial charge in [-0.15, -0.1) is 0 Å². The zero-order valence-electron chi connectivity index (χ0n) is 19.8. The van der Waals surface area contributed by atoms with Crippen LogP contribution < -0.4 is 10.1 Å². The maximum Gasteiger partial charge on any atom is 0.340 e. The third kappa shape index (κ3) is 5.20. The summed E-state index contributed by atoms with van der Waals surface area (Å²) in [7, 11) is 0. The highest BCUT2D eigenvalue weighted by molar-refractivity contribution is 5.94. The van der Waals surface area contributed by atoms with Crippen LogP contribution in [-0.2, 0) is 16.0 Å². The number of aryl methyl sites for hydroxylation is 1. The minimum absolute atomic E-state index is 0.262. The minimum Gasteiger partial charge on any atom is -0.484 e. The number of aliphatic hydroxyl groups is 1. The summed E-state index contributed by atoms with van der Waals surface area (Å²) in [5, 5.41) is 13.6. The lowest BCUT2D eigenvalue weighted by atomic mass is 9.85. The maximum atomic E-state index is 13.4. The first kappa shape index (κ1) is 24.4. The van der Waals surface area contributed by atoms with Gasteiger partial charge in [0.15, 0.2) is 12.2 Å². The second-order valence-electron chi connectivity index (χ2n) is 9.06. The van der Waals surface area contributed by atoms with E-state index in [1.165, 1.54) is 24.3 Å². The number of halogens is 1. The summed E-state index contributed by atoms with van der Waals surface area (Å²) in [4.78, 5) is 26.1. The van der Waals surface area contributed by atoms with Gasteiger partial charge in [0.1, 0.15) is 17.2 Å². The lowest BCUT2D eigenvalue weighted by molar-refractivity contribution is -0.175. The Bertz CT molecular complexity index is 1210. The van der Waals surface area contributed by atoms with Crippen molar-refractivity contribution < 1.29 is 28.6 Å². The van der Waals surface area contributed by atoms with Gasteiger partial charge in [0.2, 0.25) is 0 Å². The molecule has 1 aliphatic rings. The number of fused-ring (bicyclic) bond motifs is 1. The molecule has 0 aliphatic carbocycles. The molecule has 2 N–H and O–H groups in total. The van der Waals surface area contributed by atoms with Gasteiger partial charge in [-0.2, -0.15) is 0 Å². The predicted octanol–water partition coefficient (Wildman–Crippen LogP) is 4.68. The summed E-state index contributed by atoms with van der Waals surface area (Å²) in [6, 6.07) is 18.6. The Kier molecular flexibility index (Phi) is 6.89. The molecule has 1 aliphatic heterocycles. The molecule has 1 heterocycles. The van der Waals surface area contributed by atoms with Crippen molar-refractivity contribution in [1.82, 2.24) is 5.32 Å². The number of hydrogen-bond donors (Lipinski definition) is 2. The summed E-state index contributed by atoms with van der Waals surface area (Å²) in [5.74, 6) is -1.19. The van der Waals surface area contributed by atoms with Crippen molar-refractivity contribution in [3.05, 3.63) is 101 Å². The topological polar surface area (TPSA) is 84.9 Å². The fraction of sp³-hybridized carbons (Fsp3) is 0.286. The van der Waals surface area contributed by atoms with Gasteiger partial charge in [-0.3, -0.25) is 4.79 Å². The summed E-state index contributed by atoms with van der Waals surface area (Å²) >= 11 is 0. The number of hydrogen-bond acceptors (Lipinski definition) is 5. The molecule has 3 aromatic rings. The van der Waals surface area contributed by atoms with Gasteiger partial charge in [-0.05, 0) is 67.8 Å². The Balaban J connectivity index is 1.70. The van der Waals surface area contributed by atoms with Gasteiger partial charge in [0.25, 0.3) is 5.91 Å². The molecule has 35 heavy (non-hydrogen) atoms. The molecule has 1 amide bonds. The van der Waals surface area contributed by atoms with Crippen LogP contribution in [0, 0.1) is 5.82 Å². The fourth-order valence-electron chi connectivity index (χ4n) is 4.21. The average molecular weight is 478 g/mol. The average Bonchev–Trinajstić information content (AvgIpc) is 2.85. The summed E-state index contributed by atoms with van der Waals surface area (Å²) < 4.78 is 25.4. The maximum absolute atomic E-state index is 13.4. The van der Waals surface area contributed by atoms with E-state index in [2.05, 4.69) is 5.32 Å². The minimum atomic E-state index is -1.50. The molecule has 0 bridgehead atoms. The van der Waals surface area contributed by atoms with Crippen LogP contribution >= 0.6 is 0 Å². The number of amides is 1. The predicted molar refractivity (Wildman–Crippen MR) is 128 cm³/mol. The lowest BCUT2D eigenvalue weighted by Gasteiger charge is -2.44. The Morgan fingerprint density at radius 1 is 1.09 bits per heavy atom. The number of benzene rings is 3. The van der Waals surface area contributed by atoms with E-state index in [-0.39, 0.29) is 5.56 Å². The van der Waals surface area contributed by atoms with Crippen LogP contribution in [0.5, 0.6) is 5.75 Å². The van der Waals surface area contributed by atoms with Crippen molar-refractivity contribution in [1.29, 1.82) is 0 Å². The van der Waals surface area contributed by atoms with Crippen molar-refractivity contribution in [2.45, 2.75) is 51.0 Å². The molecule has 7 heteroatoms. The van der Waals surface area contributed by atoms with Gasteiger partial charge in [-0.1, -0.05) is 43.3 Å². The molecule has 0 saturated heterocycles. The van der Waals surface area contributed by atoms with Crippen LogP contribution in [0.4, 0.5) is 4.39 Å². The number of nitrogens with one attached hydrogen (secondary N) is 1. The Morgan fingerprint density at radius 3 is 2.43 bits per heavy atom. The second kappa shape index (κ2) is 9.88. The van der Waals surface area contributed by atoms with Crippen LogP contribution in [0.2, 0.25) is 0 Å². The first-order valence-electron chi connectivity index (χ1n) is 11.5. The molecule has 0 aromatic heterocycles. The van der Waals surface area contributed by atoms with E-state index in [0.29, 0.717) is 16.9 Å². The van der Waals surface area contributed by atoms with Crippen LogP contribution in [0.15, 0.2) is 72.8 Å². The zero-order chi connectivity index (χ0) is 25.2. The summed E-state index contributed by atoms with van der Waals surface area (Å²) in [6.07, 6.45) is -1.70. The van der Waals surface area contributed by atoms with Crippen molar-refractivity contribution in [3.63, 3.8) is 0 Å². The molecule has 0 fully saturated rings. The Morgan fingerprint density at radius 2 is 1.77 bits per heavy atom. The Hall–Kier alpha value is -3.71. The standard InChI is InChI=1S/C28H28FNO5/c1-4-17-10-15-22-21(16-17)23(30-26(32)19-11-13-20(29)14-12-19)25(28(2,3)35-22)34-27(33)24(31)18-8-6-5-7-9-18/h5-16,23-25,31H,4H2,1-3H3,(H,30,32)/t23-,24?,25+/m0/s1. The second-order valence-corrected chi connectivity index (χ2v) is 9.06. The van der Waals surface area contributed by atoms with E-state index in [9.17, 15) is 19.1 Å². The van der Waals surface area contributed by atoms with E-state index in [1.54, 1.807) is 44.2 Å². The third-order valence-electron chi connectivity index (χ3n) is 6.15. The summed E-state index contributed by atoms with van der Waals surface area (Å²) in [5.41, 5.74) is 1.30. The van der Waals surface area contributed by atoms with Gasteiger partial charge in [0, 0.05) is 11.1 Å². The molecule has 3 aromatic carbocycles. The van der Waals surface area contributed by atoms with Crippen molar-refractivity contribution in [3.8, 4) is 5.75 Å². The van der Waals surface area contributed by atoms with Crippen LogP contribution in [0.25, 0.3) is 0 Å². The first-order valence-corrected chi connectivity index (χ1v) is 11.5. The van der Waals surface area contributed by atoms with Crippen LogP contribution in [0.1, 0.15) is 60.0 Å². The van der Waals surface area contributed by atoms with Crippen LogP contribution in [0.3, 0.4) is 0 Å². The van der Waals surface area contributed by atoms with Crippen molar-refractivity contribution in [2.24, 2.45) is 0 Å². The SMILES string of the molecule is CCc1ccc2c(c1)[C@H](NC(=O)c1ccc(F)cc1)[C@@H](OC(=O)C(O)c1ccccc1)C(C)(C)O2. The molecule has 3 atom stereocenters. The molecule has 4 rings (SSSR count). The first-order chi connectivity index (χ1) is 16.7. The fourth-order valence-corrected chi connectivity index (χ4v) is 4.21. The molecule has 0 radical (unpaired) electrons. The van der Waals surface area contributed by atoms with E-state index in [0.717, 1.165) is 12.0 Å². The number of ether oxygens (including phenoxy) is 2. The quantitative estimate of drug-likeness (QED) is 0.504. The molecule has 0 spiro atoms. The largest absolute Gasteiger partial charge is 0.484 e. The molecule has 0 saturated carbocycles. The molecular weight excluding hydrogens is 449 g/mol. The van der Waals surface area contributed by atoms with Gasteiger partial charge in [-0.25, -0.2) is 9.18 Å². The Labute approximate surface area is 203 Å². The third-order valence-corrected chi connectivity index (χ3v) is 6.15. The van der Waals surface area contributed by atoms with Gasteiger partial charge in [0.05, 0.1) is 6.04 Å². The zero-order valence-corrected chi connectivity index (χ0v) is 19.8.